The maximum Gasteiger partial charge on any atom is 0.244 e. The monoisotopic (exact) mass is 354 g/mol. The molecular weight excluding hydrogens is 335 g/mol. The van der Waals surface area contributed by atoms with E-state index in [1.165, 1.54) is 10.7 Å². The third kappa shape index (κ3) is 3.92. The smallest absolute Gasteiger partial charge is 0.244 e. The molecule has 0 aliphatic carbocycles. The van der Waals surface area contributed by atoms with Gasteiger partial charge in [-0.05, 0) is 37.6 Å². The average molecular weight is 355 g/mol. The average Bonchev–Trinajstić information content (AvgIpc) is 2.94. The minimum Gasteiger partial charge on any atom is -0.375 e. The van der Waals surface area contributed by atoms with Crippen LogP contribution in [-0.4, -0.2) is 41.0 Å². The summed E-state index contributed by atoms with van der Waals surface area (Å²) in [5.41, 5.74) is 1.68. The van der Waals surface area contributed by atoms with Crippen molar-refractivity contribution in [1.29, 1.82) is 0 Å². The summed E-state index contributed by atoms with van der Waals surface area (Å²) < 4.78 is 21.2. The normalized spacial score (nSPS) is 20.3. The van der Waals surface area contributed by atoms with Gasteiger partial charge in [0, 0.05) is 18.4 Å². The van der Waals surface area contributed by atoms with Crippen molar-refractivity contribution in [3.8, 4) is 5.69 Å². The first kappa shape index (κ1) is 18.4. The minimum atomic E-state index is -0.452. The van der Waals surface area contributed by atoms with Crippen LogP contribution in [0.1, 0.15) is 12.5 Å². The standard InChI is InChI=1S/C16H19FN4O2.ClH/c1-10-8-19-21(9-10)14-4-3-12(7-13(14)17)20-16(22)15-11(2)23-6-5-18-15;/h3-4,7-9,11,15,18H,5-6H2,1-2H3,(H,20,22);1H/t11-,15+;/m1./s1. The van der Waals surface area contributed by atoms with Crippen LogP contribution in [0.5, 0.6) is 0 Å². The Kier molecular flexibility index (Phi) is 5.93. The number of carbonyl (C=O) groups is 1. The van der Waals surface area contributed by atoms with Gasteiger partial charge in [-0.1, -0.05) is 0 Å². The highest BCUT2D eigenvalue weighted by Crippen LogP contribution is 2.19. The molecule has 0 radical (unpaired) electrons. The number of aromatic nitrogens is 2. The van der Waals surface area contributed by atoms with Crippen molar-refractivity contribution >= 4 is 24.0 Å². The molecule has 0 unspecified atom stereocenters. The summed E-state index contributed by atoms with van der Waals surface area (Å²) in [7, 11) is 0. The number of ether oxygens (including phenoxy) is 1. The summed E-state index contributed by atoms with van der Waals surface area (Å²) in [6.07, 6.45) is 3.17. The topological polar surface area (TPSA) is 68.2 Å². The highest BCUT2D eigenvalue weighted by atomic mass is 35.5. The molecule has 0 saturated carbocycles. The van der Waals surface area contributed by atoms with Crippen molar-refractivity contribution in [2.45, 2.75) is 26.0 Å². The van der Waals surface area contributed by atoms with Crippen LogP contribution in [0.25, 0.3) is 5.69 Å². The molecule has 2 atom stereocenters. The lowest BCUT2D eigenvalue weighted by Gasteiger charge is -2.29. The van der Waals surface area contributed by atoms with Gasteiger partial charge in [0.1, 0.15) is 11.7 Å². The van der Waals surface area contributed by atoms with Gasteiger partial charge in [0.15, 0.2) is 5.82 Å². The van der Waals surface area contributed by atoms with E-state index in [2.05, 4.69) is 15.7 Å². The van der Waals surface area contributed by atoms with Gasteiger partial charge in [0.2, 0.25) is 5.91 Å². The Labute approximate surface area is 145 Å². The van der Waals surface area contributed by atoms with Gasteiger partial charge in [-0.25, -0.2) is 9.07 Å². The van der Waals surface area contributed by atoms with Crippen molar-refractivity contribution in [2.24, 2.45) is 0 Å². The van der Waals surface area contributed by atoms with E-state index in [0.29, 0.717) is 24.5 Å². The molecule has 2 heterocycles. The molecule has 2 N–H and O–H groups in total. The zero-order valence-electron chi connectivity index (χ0n) is 13.5. The lowest BCUT2D eigenvalue weighted by atomic mass is 10.1. The van der Waals surface area contributed by atoms with Crippen molar-refractivity contribution in [3.05, 3.63) is 42.0 Å². The SMILES string of the molecule is Cc1cnn(-c2ccc(NC(=O)[C@H]3NCCO[C@@H]3C)cc2F)c1.Cl. The molecular formula is C16H20ClFN4O2. The van der Waals surface area contributed by atoms with E-state index in [4.69, 9.17) is 4.74 Å². The third-order valence-corrected chi connectivity index (χ3v) is 3.77. The molecule has 0 bridgehead atoms. The van der Waals surface area contributed by atoms with Crippen LogP contribution < -0.4 is 10.6 Å². The van der Waals surface area contributed by atoms with Crippen molar-refractivity contribution in [3.63, 3.8) is 0 Å². The number of halogens is 2. The summed E-state index contributed by atoms with van der Waals surface area (Å²) in [6.45, 7) is 4.92. The summed E-state index contributed by atoms with van der Waals surface area (Å²) in [5.74, 6) is -0.689. The molecule has 1 aromatic heterocycles. The van der Waals surface area contributed by atoms with Gasteiger partial charge in [-0.2, -0.15) is 5.10 Å². The highest BCUT2D eigenvalue weighted by molar-refractivity contribution is 5.95. The number of hydrogen-bond acceptors (Lipinski definition) is 4. The number of nitrogens with one attached hydrogen (secondary N) is 2. The molecule has 130 valence electrons. The molecule has 24 heavy (non-hydrogen) atoms. The van der Waals surface area contributed by atoms with E-state index >= 15 is 0 Å². The molecule has 1 saturated heterocycles. The number of morpholine rings is 1. The number of benzene rings is 1. The van der Waals surface area contributed by atoms with Gasteiger partial charge in [-0.15, -0.1) is 12.4 Å². The Morgan fingerprint density at radius 1 is 1.50 bits per heavy atom. The van der Waals surface area contributed by atoms with E-state index in [9.17, 15) is 9.18 Å². The second kappa shape index (κ2) is 7.74. The lowest BCUT2D eigenvalue weighted by Crippen LogP contribution is -2.53. The Bertz CT molecular complexity index is 722. The number of nitrogens with zero attached hydrogens (tertiary/aromatic N) is 2. The summed E-state index contributed by atoms with van der Waals surface area (Å²) in [5, 5.41) is 9.90. The number of carbonyl (C=O) groups excluding carboxylic acids is 1. The maximum absolute atomic E-state index is 14.3. The molecule has 1 aromatic carbocycles. The van der Waals surface area contributed by atoms with Crippen LogP contribution in [0.2, 0.25) is 0 Å². The first-order valence-corrected chi connectivity index (χ1v) is 7.51. The second-order valence-corrected chi connectivity index (χ2v) is 5.63. The van der Waals surface area contributed by atoms with E-state index in [1.54, 1.807) is 24.5 Å². The van der Waals surface area contributed by atoms with Crippen molar-refractivity contribution < 1.29 is 13.9 Å². The molecule has 6 nitrogen and oxygen atoms in total. The van der Waals surface area contributed by atoms with Gasteiger partial charge < -0.3 is 15.4 Å². The Morgan fingerprint density at radius 3 is 2.92 bits per heavy atom. The van der Waals surface area contributed by atoms with Crippen LogP contribution in [0.3, 0.4) is 0 Å². The zero-order valence-corrected chi connectivity index (χ0v) is 14.3. The van der Waals surface area contributed by atoms with Crippen LogP contribution in [0, 0.1) is 12.7 Å². The second-order valence-electron chi connectivity index (χ2n) is 5.63. The number of hydrogen-bond donors (Lipinski definition) is 2. The van der Waals surface area contributed by atoms with Crippen LogP contribution >= 0.6 is 12.4 Å². The van der Waals surface area contributed by atoms with E-state index < -0.39 is 11.9 Å². The quantitative estimate of drug-likeness (QED) is 0.885. The first-order valence-electron chi connectivity index (χ1n) is 7.51. The molecule has 1 aliphatic rings. The van der Waals surface area contributed by atoms with E-state index in [-0.39, 0.29) is 24.4 Å². The predicted molar refractivity (Wildman–Crippen MR) is 91.3 cm³/mol. The fourth-order valence-corrected chi connectivity index (χ4v) is 2.56. The molecule has 0 spiro atoms. The third-order valence-electron chi connectivity index (χ3n) is 3.77. The van der Waals surface area contributed by atoms with Gasteiger partial charge >= 0.3 is 0 Å². The van der Waals surface area contributed by atoms with Crippen molar-refractivity contribution in [1.82, 2.24) is 15.1 Å². The van der Waals surface area contributed by atoms with Crippen LogP contribution in [0.15, 0.2) is 30.6 Å². The van der Waals surface area contributed by atoms with E-state index in [1.807, 2.05) is 13.8 Å². The van der Waals surface area contributed by atoms with Crippen molar-refractivity contribution in [2.75, 3.05) is 18.5 Å². The fraction of sp³-hybridized carbons (Fsp3) is 0.375. The summed E-state index contributed by atoms with van der Waals surface area (Å²) in [6, 6.07) is 4.09. The fourth-order valence-electron chi connectivity index (χ4n) is 2.56. The Hall–Kier alpha value is -1.96. The van der Waals surface area contributed by atoms with Gasteiger partial charge in [0.05, 0.1) is 18.9 Å². The number of aryl methyl sites for hydroxylation is 1. The van der Waals surface area contributed by atoms with E-state index in [0.717, 1.165) is 5.56 Å². The summed E-state index contributed by atoms with van der Waals surface area (Å²) in [4.78, 5) is 12.3. The Balaban J connectivity index is 0.00000208. The molecule has 1 aliphatic heterocycles. The lowest BCUT2D eigenvalue weighted by molar-refractivity contribution is -0.123. The maximum atomic E-state index is 14.3. The Morgan fingerprint density at radius 2 is 2.29 bits per heavy atom. The molecule has 1 amide bonds. The first-order chi connectivity index (χ1) is 11.0. The molecule has 1 fully saturated rings. The number of amides is 1. The van der Waals surface area contributed by atoms with Gasteiger partial charge in [-0.3, -0.25) is 4.79 Å². The molecule has 3 rings (SSSR count). The molecule has 2 aromatic rings. The predicted octanol–water partition coefficient (Wildman–Crippen LogP) is 2.06. The zero-order chi connectivity index (χ0) is 16.4. The number of rotatable bonds is 3. The van der Waals surface area contributed by atoms with Crippen LogP contribution in [-0.2, 0) is 9.53 Å². The minimum absolute atomic E-state index is 0. The molecule has 8 heteroatoms. The van der Waals surface area contributed by atoms with Crippen LogP contribution in [0.4, 0.5) is 10.1 Å². The largest absolute Gasteiger partial charge is 0.375 e. The highest BCUT2D eigenvalue weighted by Gasteiger charge is 2.28. The number of anilines is 1. The summed E-state index contributed by atoms with van der Waals surface area (Å²) >= 11 is 0. The van der Waals surface area contributed by atoms with Gasteiger partial charge in [0.25, 0.3) is 0 Å².